The van der Waals surface area contributed by atoms with Gasteiger partial charge in [-0.2, -0.15) is 0 Å². The summed E-state index contributed by atoms with van der Waals surface area (Å²) < 4.78 is 0. The first-order valence-corrected chi connectivity index (χ1v) is 6.23. The van der Waals surface area contributed by atoms with Gasteiger partial charge in [-0.1, -0.05) is 6.92 Å². The van der Waals surface area contributed by atoms with Crippen LogP contribution in [0, 0.1) is 5.92 Å². The zero-order chi connectivity index (χ0) is 12.8. The monoisotopic (exact) mass is 242 g/mol. The number of carboxylic acid groups (broad SMARTS) is 1. The van der Waals surface area contributed by atoms with Crippen molar-refractivity contribution in [2.24, 2.45) is 5.92 Å². The van der Waals surface area contributed by atoms with Crippen LogP contribution in [0.25, 0.3) is 0 Å². The van der Waals surface area contributed by atoms with Crippen molar-refractivity contribution < 1.29 is 14.7 Å². The molecular formula is C12H22N2O3. The van der Waals surface area contributed by atoms with Crippen LogP contribution in [0.1, 0.15) is 32.6 Å². The second kappa shape index (κ2) is 6.59. The van der Waals surface area contributed by atoms with Gasteiger partial charge in [-0.15, -0.1) is 0 Å². The number of carbonyl (C=O) groups excluding carboxylic acids is 1. The van der Waals surface area contributed by atoms with Crippen molar-refractivity contribution in [1.82, 2.24) is 10.2 Å². The van der Waals surface area contributed by atoms with Gasteiger partial charge >= 0.3 is 5.97 Å². The molecule has 1 heterocycles. The molecule has 2 atom stereocenters. The van der Waals surface area contributed by atoms with E-state index in [2.05, 4.69) is 5.32 Å². The zero-order valence-electron chi connectivity index (χ0n) is 10.6. The Kier molecular flexibility index (Phi) is 5.41. The number of amides is 1. The lowest BCUT2D eigenvalue weighted by Crippen LogP contribution is -2.50. The van der Waals surface area contributed by atoms with Crippen LogP contribution in [0.4, 0.5) is 0 Å². The van der Waals surface area contributed by atoms with Crippen LogP contribution >= 0.6 is 0 Å². The minimum atomic E-state index is -0.759. The standard InChI is InChI=1S/C12H22N2O3/c1-3-11(15)14-7-9(4-5-12(16)17)6-10(8-14)13-2/h9-10,13H,3-8H2,1-2H3,(H,16,17). The molecule has 98 valence electrons. The average molecular weight is 242 g/mol. The molecule has 0 saturated carbocycles. The third-order valence-corrected chi connectivity index (χ3v) is 3.37. The van der Waals surface area contributed by atoms with Crippen LogP contribution in [0.2, 0.25) is 0 Å². The quantitative estimate of drug-likeness (QED) is 0.744. The van der Waals surface area contributed by atoms with E-state index >= 15 is 0 Å². The fraction of sp³-hybridized carbons (Fsp3) is 0.833. The summed E-state index contributed by atoms with van der Waals surface area (Å²) in [6, 6.07) is 0.290. The topological polar surface area (TPSA) is 69.6 Å². The highest BCUT2D eigenvalue weighted by molar-refractivity contribution is 5.76. The predicted octanol–water partition coefficient (Wildman–Crippen LogP) is 0.698. The number of piperidine rings is 1. The van der Waals surface area contributed by atoms with Crippen LogP contribution in [0.3, 0.4) is 0 Å². The molecule has 0 bridgehead atoms. The molecule has 5 heteroatoms. The van der Waals surface area contributed by atoms with Crippen molar-refractivity contribution in [3.8, 4) is 0 Å². The fourth-order valence-corrected chi connectivity index (χ4v) is 2.38. The molecule has 0 spiro atoms. The molecule has 1 fully saturated rings. The number of aliphatic carboxylic acids is 1. The van der Waals surface area contributed by atoms with Gasteiger partial charge in [-0.05, 0) is 25.8 Å². The number of hydrogen-bond donors (Lipinski definition) is 2. The molecule has 0 aromatic carbocycles. The Balaban J connectivity index is 2.53. The number of nitrogens with one attached hydrogen (secondary N) is 1. The van der Waals surface area contributed by atoms with Gasteiger partial charge < -0.3 is 15.3 Å². The van der Waals surface area contributed by atoms with E-state index in [1.54, 1.807) is 0 Å². The highest BCUT2D eigenvalue weighted by atomic mass is 16.4. The van der Waals surface area contributed by atoms with E-state index in [0.29, 0.717) is 25.3 Å². The molecule has 0 aromatic heterocycles. The van der Waals surface area contributed by atoms with Crippen molar-refractivity contribution in [2.45, 2.75) is 38.6 Å². The normalized spacial score (nSPS) is 24.7. The summed E-state index contributed by atoms with van der Waals surface area (Å²) in [5.74, 6) is -0.303. The minimum absolute atomic E-state index is 0.158. The Labute approximate surface area is 102 Å². The Morgan fingerprint density at radius 1 is 1.41 bits per heavy atom. The minimum Gasteiger partial charge on any atom is -0.481 e. The van der Waals surface area contributed by atoms with E-state index < -0.39 is 5.97 Å². The summed E-state index contributed by atoms with van der Waals surface area (Å²) in [5.41, 5.74) is 0. The van der Waals surface area contributed by atoms with Crippen molar-refractivity contribution in [3.05, 3.63) is 0 Å². The second-order valence-electron chi connectivity index (χ2n) is 4.67. The first-order valence-electron chi connectivity index (χ1n) is 6.23. The largest absolute Gasteiger partial charge is 0.481 e. The van der Waals surface area contributed by atoms with Gasteiger partial charge in [-0.25, -0.2) is 0 Å². The lowest BCUT2D eigenvalue weighted by Gasteiger charge is -2.37. The summed E-state index contributed by atoms with van der Waals surface area (Å²) in [7, 11) is 1.89. The molecule has 2 N–H and O–H groups in total. The number of likely N-dealkylation sites (N-methyl/N-ethyl adjacent to an activating group) is 1. The SMILES string of the molecule is CCC(=O)N1CC(CCC(=O)O)CC(NC)C1. The van der Waals surface area contributed by atoms with Crippen molar-refractivity contribution in [3.63, 3.8) is 0 Å². The van der Waals surface area contributed by atoms with E-state index in [1.807, 2.05) is 18.9 Å². The molecule has 5 nitrogen and oxygen atoms in total. The second-order valence-corrected chi connectivity index (χ2v) is 4.67. The molecule has 2 unspecified atom stereocenters. The van der Waals surface area contributed by atoms with Gasteiger partial charge in [0.25, 0.3) is 0 Å². The fourth-order valence-electron chi connectivity index (χ4n) is 2.38. The van der Waals surface area contributed by atoms with E-state index in [9.17, 15) is 9.59 Å². The van der Waals surface area contributed by atoms with Gasteiger partial charge in [0.2, 0.25) is 5.91 Å². The van der Waals surface area contributed by atoms with Crippen LogP contribution < -0.4 is 5.32 Å². The number of nitrogens with zero attached hydrogens (tertiary/aromatic N) is 1. The molecule has 1 aliphatic heterocycles. The van der Waals surface area contributed by atoms with Gasteiger partial charge in [0.1, 0.15) is 0 Å². The van der Waals surface area contributed by atoms with Crippen LogP contribution in [-0.4, -0.2) is 48.1 Å². The molecule has 1 amide bonds. The van der Waals surface area contributed by atoms with Gasteiger partial charge in [0, 0.05) is 32.0 Å². The number of likely N-dealkylation sites (tertiary alicyclic amines) is 1. The molecule has 1 aliphatic rings. The van der Waals surface area contributed by atoms with E-state index in [1.165, 1.54) is 0 Å². The maximum absolute atomic E-state index is 11.7. The van der Waals surface area contributed by atoms with E-state index in [-0.39, 0.29) is 18.4 Å². The third-order valence-electron chi connectivity index (χ3n) is 3.37. The van der Waals surface area contributed by atoms with E-state index in [0.717, 1.165) is 13.0 Å². The first-order chi connectivity index (χ1) is 8.06. The van der Waals surface area contributed by atoms with Crippen molar-refractivity contribution in [2.75, 3.05) is 20.1 Å². The van der Waals surface area contributed by atoms with E-state index in [4.69, 9.17) is 5.11 Å². The van der Waals surface area contributed by atoms with Crippen molar-refractivity contribution in [1.29, 1.82) is 0 Å². The average Bonchev–Trinajstić information content (AvgIpc) is 2.34. The Hall–Kier alpha value is -1.10. The smallest absolute Gasteiger partial charge is 0.303 e. The summed E-state index contributed by atoms with van der Waals surface area (Å²) in [6.45, 7) is 3.31. The number of carbonyl (C=O) groups is 2. The van der Waals surface area contributed by atoms with Crippen LogP contribution in [-0.2, 0) is 9.59 Å². The Morgan fingerprint density at radius 3 is 2.65 bits per heavy atom. The van der Waals surface area contributed by atoms with Gasteiger partial charge in [0.05, 0.1) is 0 Å². The molecule has 0 aromatic rings. The highest BCUT2D eigenvalue weighted by Gasteiger charge is 2.28. The Morgan fingerprint density at radius 2 is 2.12 bits per heavy atom. The molecule has 1 rings (SSSR count). The summed E-state index contributed by atoms with van der Waals surface area (Å²) >= 11 is 0. The maximum atomic E-state index is 11.7. The van der Waals surface area contributed by atoms with Crippen LogP contribution in [0.5, 0.6) is 0 Å². The zero-order valence-corrected chi connectivity index (χ0v) is 10.6. The number of hydrogen-bond acceptors (Lipinski definition) is 3. The maximum Gasteiger partial charge on any atom is 0.303 e. The third kappa shape index (κ3) is 4.34. The highest BCUT2D eigenvalue weighted by Crippen LogP contribution is 2.21. The summed E-state index contributed by atoms with van der Waals surface area (Å²) in [4.78, 5) is 24.1. The number of rotatable bonds is 5. The molecule has 0 aliphatic carbocycles. The molecule has 1 saturated heterocycles. The molecule has 17 heavy (non-hydrogen) atoms. The lowest BCUT2D eigenvalue weighted by atomic mass is 9.90. The lowest BCUT2D eigenvalue weighted by molar-refractivity contribution is -0.137. The molecule has 0 radical (unpaired) electrons. The van der Waals surface area contributed by atoms with Crippen LogP contribution in [0.15, 0.2) is 0 Å². The number of carboxylic acids is 1. The van der Waals surface area contributed by atoms with Crippen molar-refractivity contribution >= 4 is 11.9 Å². The Bertz CT molecular complexity index is 281. The summed E-state index contributed by atoms with van der Waals surface area (Å²) in [5, 5.41) is 11.9. The molecular weight excluding hydrogens is 220 g/mol. The predicted molar refractivity (Wildman–Crippen MR) is 64.7 cm³/mol. The first kappa shape index (κ1) is 14.0. The summed E-state index contributed by atoms with van der Waals surface area (Å²) in [6.07, 6.45) is 2.32. The van der Waals surface area contributed by atoms with Gasteiger partial charge in [-0.3, -0.25) is 9.59 Å². The van der Waals surface area contributed by atoms with Gasteiger partial charge in [0.15, 0.2) is 0 Å².